The molecule has 116 valence electrons. The Morgan fingerprint density at radius 1 is 1.40 bits per heavy atom. The quantitative estimate of drug-likeness (QED) is 0.679. The highest BCUT2D eigenvalue weighted by molar-refractivity contribution is 5.89. The van der Waals surface area contributed by atoms with Gasteiger partial charge in [-0.2, -0.15) is 0 Å². The van der Waals surface area contributed by atoms with Crippen molar-refractivity contribution in [3.8, 4) is 0 Å². The number of carbonyl (C=O) groups is 2. The highest BCUT2D eigenvalue weighted by atomic mass is 35.5. The standard InChI is InChI=1S/C14H25N3O2.ClH/c1-10(17-13(19)14(2,3)4)12(18)16-9-11-5-7-15-8-6-11;/h5,10,15H,6-9H2,1-4H3,(H,16,18)(H,17,19);1H. The third kappa shape index (κ3) is 6.39. The minimum absolute atomic E-state index is 0. The topological polar surface area (TPSA) is 70.2 Å². The van der Waals surface area contributed by atoms with E-state index in [-0.39, 0.29) is 24.2 Å². The molecule has 0 spiro atoms. The van der Waals surface area contributed by atoms with Gasteiger partial charge in [-0.25, -0.2) is 0 Å². The van der Waals surface area contributed by atoms with Gasteiger partial charge in [-0.3, -0.25) is 9.59 Å². The van der Waals surface area contributed by atoms with E-state index in [1.807, 2.05) is 20.8 Å². The molecule has 1 heterocycles. The summed E-state index contributed by atoms with van der Waals surface area (Å²) in [4.78, 5) is 23.7. The summed E-state index contributed by atoms with van der Waals surface area (Å²) in [5, 5.41) is 8.81. The number of hydrogen-bond acceptors (Lipinski definition) is 3. The van der Waals surface area contributed by atoms with Crippen molar-refractivity contribution in [2.75, 3.05) is 19.6 Å². The van der Waals surface area contributed by atoms with Crippen LogP contribution >= 0.6 is 12.4 Å². The van der Waals surface area contributed by atoms with Crippen molar-refractivity contribution in [1.29, 1.82) is 0 Å². The van der Waals surface area contributed by atoms with E-state index in [4.69, 9.17) is 0 Å². The van der Waals surface area contributed by atoms with Gasteiger partial charge in [0.1, 0.15) is 6.04 Å². The molecule has 1 unspecified atom stereocenters. The molecule has 0 saturated heterocycles. The molecule has 0 aromatic carbocycles. The number of halogens is 1. The van der Waals surface area contributed by atoms with Crippen molar-refractivity contribution in [2.24, 2.45) is 5.41 Å². The average molecular weight is 304 g/mol. The second kappa shape index (κ2) is 8.27. The molecule has 2 amide bonds. The molecular formula is C14H26ClN3O2. The Morgan fingerprint density at radius 3 is 2.55 bits per heavy atom. The second-order valence-corrected chi connectivity index (χ2v) is 5.98. The zero-order valence-electron chi connectivity index (χ0n) is 12.7. The van der Waals surface area contributed by atoms with E-state index in [1.54, 1.807) is 6.92 Å². The van der Waals surface area contributed by atoms with Crippen LogP contribution in [-0.4, -0.2) is 37.5 Å². The molecule has 0 bridgehead atoms. The van der Waals surface area contributed by atoms with E-state index < -0.39 is 11.5 Å². The average Bonchev–Trinajstić information content (AvgIpc) is 2.35. The molecule has 0 aliphatic carbocycles. The van der Waals surface area contributed by atoms with Gasteiger partial charge in [0, 0.05) is 18.5 Å². The molecule has 0 fully saturated rings. The lowest BCUT2D eigenvalue weighted by Crippen LogP contribution is -2.48. The normalized spacial score (nSPS) is 16.5. The zero-order chi connectivity index (χ0) is 14.5. The van der Waals surface area contributed by atoms with Crippen molar-refractivity contribution >= 4 is 24.2 Å². The summed E-state index contributed by atoms with van der Waals surface area (Å²) in [5.74, 6) is -0.256. The number of hydrogen-bond donors (Lipinski definition) is 3. The van der Waals surface area contributed by atoms with Crippen molar-refractivity contribution in [3.05, 3.63) is 11.6 Å². The van der Waals surface area contributed by atoms with E-state index in [0.29, 0.717) is 6.54 Å². The Labute approximate surface area is 127 Å². The molecule has 1 rings (SSSR count). The molecule has 0 aromatic heterocycles. The summed E-state index contributed by atoms with van der Waals surface area (Å²) >= 11 is 0. The van der Waals surface area contributed by atoms with Crippen LogP contribution in [0.25, 0.3) is 0 Å². The van der Waals surface area contributed by atoms with Crippen molar-refractivity contribution in [2.45, 2.75) is 40.2 Å². The van der Waals surface area contributed by atoms with Gasteiger partial charge >= 0.3 is 0 Å². The summed E-state index contributed by atoms with van der Waals surface area (Å²) in [6.07, 6.45) is 3.06. The molecule has 0 aromatic rings. The van der Waals surface area contributed by atoms with Crippen LogP contribution in [0.15, 0.2) is 11.6 Å². The van der Waals surface area contributed by atoms with E-state index in [9.17, 15) is 9.59 Å². The Morgan fingerprint density at radius 2 is 2.05 bits per heavy atom. The number of amides is 2. The third-order valence-electron chi connectivity index (χ3n) is 3.07. The summed E-state index contributed by atoms with van der Waals surface area (Å²) < 4.78 is 0. The molecule has 6 heteroatoms. The van der Waals surface area contributed by atoms with E-state index >= 15 is 0 Å². The van der Waals surface area contributed by atoms with Crippen LogP contribution in [0.1, 0.15) is 34.1 Å². The van der Waals surface area contributed by atoms with Crippen molar-refractivity contribution in [3.63, 3.8) is 0 Å². The molecule has 1 atom stereocenters. The summed E-state index contributed by atoms with van der Waals surface area (Å²) in [6, 6.07) is -0.506. The number of carbonyl (C=O) groups excluding carboxylic acids is 2. The first-order valence-electron chi connectivity index (χ1n) is 6.78. The SMILES string of the molecule is CC(NC(=O)C(C)(C)C)C(=O)NCC1=CCNCC1.Cl. The van der Waals surface area contributed by atoms with E-state index in [1.165, 1.54) is 5.57 Å². The van der Waals surface area contributed by atoms with Gasteiger partial charge in [0.15, 0.2) is 0 Å². The minimum atomic E-state index is -0.506. The van der Waals surface area contributed by atoms with Crippen LogP contribution in [0.4, 0.5) is 0 Å². The lowest BCUT2D eigenvalue weighted by molar-refractivity contribution is -0.133. The first kappa shape index (κ1) is 18.9. The summed E-state index contributed by atoms with van der Waals surface area (Å²) in [5.41, 5.74) is 0.757. The Balaban J connectivity index is 0.00000361. The molecule has 3 N–H and O–H groups in total. The maximum absolute atomic E-state index is 11.9. The van der Waals surface area contributed by atoms with Gasteiger partial charge in [0.25, 0.3) is 0 Å². The summed E-state index contributed by atoms with van der Waals surface area (Å²) in [7, 11) is 0. The van der Waals surface area contributed by atoms with Crippen LogP contribution in [-0.2, 0) is 9.59 Å². The van der Waals surface area contributed by atoms with Crippen LogP contribution in [0.5, 0.6) is 0 Å². The maximum Gasteiger partial charge on any atom is 0.242 e. The fourth-order valence-corrected chi connectivity index (χ4v) is 1.66. The monoisotopic (exact) mass is 303 g/mol. The van der Waals surface area contributed by atoms with Gasteiger partial charge in [0.2, 0.25) is 11.8 Å². The van der Waals surface area contributed by atoms with Crippen LogP contribution in [0.2, 0.25) is 0 Å². The fourth-order valence-electron chi connectivity index (χ4n) is 1.66. The Bertz CT molecular complexity index is 375. The predicted octanol–water partition coefficient (Wildman–Crippen LogP) is 0.995. The van der Waals surface area contributed by atoms with Crippen LogP contribution in [0.3, 0.4) is 0 Å². The van der Waals surface area contributed by atoms with Gasteiger partial charge in [-0.05, 0) is 19.9 Å². The van der Waals surface area contributed by atoms with Crippen molar-refractivity contribution in [1.82, 2.24) is 16.0 Å². The minimum Gasteiger partial charge on any atom is -0.351 e. The smallest absolute Gasteiger partial charge is 0.242 e. The summed E-state index contributed by atoms with van der Waals surface area (Å²) in [6.45, 7) is 9.57. The number of nitrogens with one attached hydrogen (secondary N) is 3. The van der Waals surface area contributed by atoms with Gasteiger partial charge in [0.05, 0.1) is 0 Å². The first-order valence-corrected chi connectivity index (χ1v) is 6.78. The molecule has 0 saturated carbocycles. The van der Waals surface area contributed by atoms with Gasteiger partial charge < -0.3 is 16.0 Å². The van der Waals surface area contributed by atoms with E-state index in [2.05, 4.69) is 22.0 Å². The highest BCUT2D eigenvalue weighted by Gasteiger charge is 2.24. The second-order valence-electron chi connectivity index (χ2n) is 5.98. The fraction of sp³-hybridized carbons (Fsp3) is 0.714. The van der Waals surface area contributed by atoms with Crippen LogP contribution in [0, 0.1) is 5.41 Å². The highest BCUT2D eigenvalue weighted by Crippen LogP contribution is 2.12. The zero-order valence-corrected chi connectivity index (χ0v) is 13.5. The molecule has 5 nitrogen and oxygen atoms in total. The lowest BCUT2D eigenvalue weighted by atomic mass is 9.95. The first-order chi connectivity index (χ1) is 8.80. The molecule has 20 heavy (non-hydrogen) atoms. The maximum atomic E-state index is 11.9. The Kier molecular flexibility index (Phi) is 7.83. The van der Waals surface area contributed by atoms with Crippen molar-refractivity contribution < 1.29 is 9.59 Å². The Hall–Kier alpha value is -1.07. The van der Waals surface area contributed by atoms with E-state index in [0.717, 1.165) is 19.5 Å². The predicted molar refractivity (Wildman–Crippen MR) is 82.9 cm³/mol. The largest absolute Gasteiger partial charge is 0.351 e. The lowest BCUT2D eigenvalue weighted by Gasteiger charge is -2.22. The molecular weight excluding hydrogens is 278 g/mol. The number of rotatable bonds is 4. The van der Waals surface area contributed by atoms with Crippen LogP contribution < -0.4 is 16.0 Å². The molecule has 1 aliphatic heterocycles. The third-order valence-corrected chi connectivity index (χ3v) is 3.07. The van der Waals surface area contributed by atoms with Gasteiger partial charge in [-0.1, -0.05) is 32.4 Å². The van der Waals surface area contributed by atoms with Gasteiger partial charge in [-0.15, -0.1) is 12.4 Å². The molecule has 0 radical (unpaired) electrons. The molecule has 1 aliphatic rings.